The molecule has 0 spiro atoms. The molecular weight excluding hydrogens is 520 g/mol. The minimum atomic E-state index is -0.997. The second-order valence-corrected chi connectivity index (χ2v) is 11.6. The number of carboxylic acids is 1. The fraction of sp³-hybridized carbons (Fsp3) is 0.344. The van der Waals surface area contributed by atoms with E-state index in [2.05, 4.69) is 22.3 Å². The van der Waals surface area contributed by atoms with Gasteiger partial charge in [0.15, 0.2) is 0 Å². The van der Waals surface area contributed by atoms with Crippen LogP contribution in [0.25, 0.3) is 10.9 Å². The summed E-state index contributed by atoms with van der Waals surface area (Å²) in [7, 11) is 0. The first-order chi connectivity index (χ1) is 19.7. The van der Waals surface area contributed by atoms with E-state index in [0.717, 1.165) is 11.1 Å². The molecule has 1 saturated carbocycles. The Kier molecular flexibility index (Phi) is 6.79. The molecular formula is C32H34N4O5. The first-order valence-electron chi connectivity index (χ1n) is 13.9. The second kappa shape index (κ2) is 10.3. The van der Waals surface area contributed by atoms with Crippen LogP contribution in [0.5, 0.6) is 0 Å². The summed E-state index contributed by atoms with van der Waals surface area (Å²) in [6.07, 6.45) is 0.995. The standard InChI is InChI=1S/C32H34N4O5/c1-19-10-26(20(2)33-24-9-5-8-21(12-24)30(40)41)28-27(11-19)29(39)36(25-13-32(14-25,17-37)18-38)31(34-28)35-15-22-6-3-4-7-23(22)16-35/h3-12,20,25,33,37-38H,13-18H2,1-2H3,(H,40,41). The monoisotopic (exact) mass is 554 g/mol. The lowest BCUT2D eigenvalue weighted by Crippen LogP contribution is -2.47. The number of nitrogens with one attached hydrogen (secondary N) is 1. The third-order valence-corrected chi connectivity index (χ3v) is 8.62. The van der Waals surface area contributed by atoms with E-state index < -0.39 is 11.4 Å². The van der Waals surface area contributed by atoms with Crippen LogP contribution < -0.4 is 15.8 Å². The van der Waals surface area contributed by atoms with Gasteiger partial charge in [-0.05, 0) is 67.6 Å². The molecule has 0 radical (unpaired) electrons. The Labute approximate surface area is 237 Å². The Morgan fingerprint density at radius 2 is 1.73 bits per heavy atom. The Bertz CT molecular complexity index is 1680. The number of rotatable bonds is 8. The molecule has 4 aromatic rings. The van der Waals surface area contributed by atoms with E-state index in [1.807, 2.05) is 44.2 Å². The maximum Gasteiger partial charge on any atom is 0.335 e. The zero-order chi connectivity index (χ0) is 28.9. The van der Waals surface area contributed by atoms with Crippen molar-refractivity contribution in [3.05, 3.63) is 98.8 Å². The number of hydrogen-bond donors (Lipinski definition) is 4. The van der Waals surface area contributed by atoms with E-state index in [4.69, 9.17) is 4.98 Å². The van der Waals surface area contributed by atoms with Gasteiger partial charge in [-0.25, -0.2) is 9.78 Å². The molecule has 1 aliphatic carbocycles. The van der Waals surface area contributed by atoms with Crippen LogP contribution in [0.4, 0.5) is 11.6 Å². The molecule has 0 bridgehead atoms. The number of aromatic nitrogens is 2. The summed E-state index contributed by atoms with van der Waals surface area (Å²) in [4.78, 5) is 33.1. The summed E-state index contributed by atoms with van der Waals surface area (Å²) in [6, 6.07) is 18.3. The van der Waals surface area contributed by atoms with Crippen molar-refractivity contribution in [3.8, 4) is 0 Å². The van der Waals surface area contributed by atoms with Crippen molar-refractivity contribution in [1.82, 2.24) is 9.55 Å². The first-order valence-corrected chi connectivity index (χ1v) is 13.9. The molecule has 1 fully saturated rings. The highest BCUT2D eigenvalue weighted by molar-refractivity contribution is 5.89. The number of nitrogens with zero attached hydrogens (tertiary/aromatic N) is 3. The Morgan fingerprint density at radius 3 is 2.37 bits per heavy atom. The average Bonchev–Trinajstić information content (AvgIpc) is 3.38. The van der Waals surface area contributed by atoms with Gasteiger partial charge in [-0.2, -0.15) is 0 Å². The van der Waals surface area contributed by atoms with E-state index in [9.17, 15) is 24.9 Å². The van der Waals surface area contributed by atoms with Gasteiger partial charge in [0.1, 0.15) is 0 Å². The maximum absolute atomic E-state index is 14.3. The van der Waals surface area contributed by atoms with E-state index in [1.165, 1.54) is 11.1 Å². The third-order valence-electron chi connectivity index (χ3n) is 8.62. The van der Waals surface area contributed by atoms with Crippen molar-refractivity contribution in [2.45, 2.75) is 51.9 Å². The first kappa shape index (κ1) is 27.0. The van der Waals surface area contributed by atoms with Crippen LogP contribution in [0.2, 0.25) is 0 Å². The smallest absolute Gasteiger partial charge is 0.335 e. The van der Waals surface area contributed by atoms with Crippen molar-refractivity contribution in [2.75, 3.05) is 23.4 Å². The molecule has 9 nitrogen and oxygen atoms in total. The fourth-order valence-corrected chi connectivity index (χ4v) is 6.33. The molecule has 1 unspecified atom stereocenters. The Balaban J connectivity index is 1.47. The minimum Gasteiger partial charge on any atom is -0.478 e. The quantitative estimate of drug-likeness (QED) is 0.252. The average molecular weight is 555 g/mol. The van der Waals surface area contributed by atoms with Gasteiger partial charge in [-0.1, -0.05) is 36.4 Å². The van der Waals surface area contributed by atoms with Crippen LogP contribution >= 0.6 is 0 Å². The summed E-state index contributed by atoms with van der Waals surface area (Å²) in [5.41, 5.74) is 4.87. The van der Waals surface area contributed by atoms with E-state index in [1.54, 1.807) is 22.8 Å². The number of carboxylic acid groups (broad SMARTS) is 1. The highest BCUT2D eigenvalue weighted by atomic mass is 16.4. The molecule has 1 aromatic heterocycles. The minimum absolute atomic E-state index is 0.129. The summed E-state index contributed by atoms with van der Waals surface area (Å²) in [5.74, 6) is -0.415. The van der Waals surface area contributed by atoms with Crippen molar-refractivity contribution in [1.29, 1.82) is 0 Å². The molecule has 0 amide bonds. The molecule has 9 heteroatoms. The summed E-state index contributed by atoms with van der Waals surface area (Å²) < 4.78 is 1.77. The number of benzene rings is 3. The SMILES string of the molecule is Cc1cc(C(C)Nc2cccc(C(=O)O)c2)c2nc(N3Cc4ccccc4C3)n(C3CC(CO)(CO)C3)c(=O)c2c1. The lowest BCUT2D eigenvalue weighted by atomic mass is 9.66. The second-order valence-electron chi connectivity index (χ2n) is 11.6. The molecule has 3 aromatic carbocycles. The number of aromatic carboxylic acids is 1. The summed E-state index contributed by atoms with van der Waals surface area (Å²) >= 11 is 0. The normalized spacial score (nSPS) is 16.8. The Hall–Kier alpha value is -4.21. The van der Waals surface area contributed by atoms with Gasteiger partial charge >= 0.3 is 5.97 Å². The molecule has 2 aliphatic rings. The number of aliphatic hydroxyl groups is 2. The topological polar surface area (TPSA) is 128 Å². The maximum atomic E-state index is 14.3. The van der Waals surface area contributed by atoms with Crippen molar-refractivity contribution < 1.29 is 20.1 Å². The van der Waals surface area contributed by atoms with E-state index in [0.29, 0.717) is 48.5 Å². The van der Waals surface area contributed by atoms with Gasteiger partial charge in [-0.15, -0.1) is 0 Å². The molecule has 1 atom stereocenters. The fourth-order valence-electron chi connectivity index (χ4n) is 6.33. The molecule has 1 aliphatic heterocycles. The molecule has 212 valence electrons. The van der Waals surface area contributed by atoms with Gasteiger partial charge in [0.05, 0.1) is 35.7 Å². The predicted molar refractivity (Wildman–Crippen MR) is 157 cm³/mol. The lowest BCUT2D eigenvalue weighted by Gasteiger charge is -2.46. The summed E-state index contributed by atoms with van der Waals surface area (Å²) in [5, 5.41) is 33.2. The predicted octanol–water partition coefficient (Wildman–Crippen LogP) is 4.40. The number of carbonyl (C=O) groups is 1. The highest BCUT2D eigenvalue weighted by Crippen LogP contribution is 2.49. The summed E-state index contributed by atoms with van der Waals surface area (Å²) in [6.45, 7) is 4.92. The van der Waals surface area contributed by atoms with Gasteiger partial charge < -0.3 is 25.5 Å². The molecule has 4 N–H and O–H groups in total. The third kappa shape index (κ3) is 4.75. The van der Waals surface area contributed by atoms with Gasteiger partial charge in [0, 0.05) is 35.8 Å². The van der Waals surface area contributed by atoms with Crippen molar-refractivity contribution >= 4 is 28.5 Å². The largest absolute Gasteiger partial charge is 0.478 e. The zero-order valence-corrected chi connectivity index (χ0v) is 23.2. The van der Waals surface area contributed by atoms with Gasteiger partial charge in [0.2, 0.25) is 5.95 Å². The van der Waals surface area contributed by atoms with Gasteiger partial charge in [-0.3, -0.25) is 9.36 Å². The number of anilines is 2. The lowest BCUT2D eigenvalue weighted by molar-refractivity contribution is -0.0436. The van der Waals surface area contributed by atoms with Crippen molar-refractivity contribution in [2.24, 2.45) is 5.41 Å². The molecule has 0 saturated heterocycles. The molecule has 2 heterocycles. The van der Waals surface area contributed by atoms with Crippen molar-refractivity contribution in [3.63, 3.8) is 0 Å². The number of aliphatic hydroxyl groups excluding tert-OH is 2. The number of fused-ring (bicyclic) bond motifs is 2. The van der Waals surface area contributed by atoms with E-state index in [-0.39, 0.29) is 36.4 Å². The number of hydrogen-bond acceptors (Lipinski definition) is 7. The molecule has 41 heavy (non-hydrogen) atoms. The van der Waals surface area contributed by atoms with Crippen LogP contribution in [-0.2, 0) is 13.1 Å². The Morgan fingerprint density at radius 1 is 1.05 bits per heavy atom. The van der Waals surface area contributed by atoms with Gasteiger partial charge in [0.25, 0.3) is 5.56 Å². The van der Waals surface area contributed by atoms with E-state index >= 15 is 0 Å². The molecule has 6 rings (SSSR count). The zero-order valence-electron chi connectivity index (χ0n) is 23.2. The van der Waals surface area contributed by atoms with Crippen LogP contribution in [0.1, 0.15) is 64.5 Å². The number of aryl methyl sites for hydroxylation is 1. The highest BCUT2D eigenvalue weighted by Gasteiger charge is 2.46. The van der Waals surface area contributed by atoms with Crippen LogP contribution in [-0.4, -0.2) is 44.1 Å². The van der Waals surface area contributed by atoms with Crippen LogP contribution in [0.15, 0.2) is 65.5 Å². The van der Waals surface area contributed by atoms with Crippen LogP contribution in [0, 0.1) is 12.3 Å². The van der Waals surface area contributed by atoms with Crippen LogP contribution in [0.3, 0.4) is 0 Å².